The fraction of sp³-hybridized carbons (Fsp3) is 0.667. The van der Waals surface area contributed by atoms with Crippen LogP contribution in [0.25, 0.3) is 0 Å². The van der Waals surface area contributed by atoms with E-state index in [2.05, 4.69) is 20.4 Å². The SMILES string of the molecule is C=C[C@H]1C(C)(C)C[C@@H](O)[C@@]12C=C(C)C(=O)CC2. The summed E-state index contributed by atoms with van der Waals surface area (Å²) in [6.07, 6.45) is 5.72. The number of hydrogen-bond acceptors (Lipinski definition) is 2. The average Bonchev–Trinajstić information content (AvgIpc) is 2.40. The van der Waals surface area contributed by atoms with Gasteiger partial charge in [-0.25, -0.2) is 0 Å². The van der Waals surface area contributed by atoms with E-state index in [9.17, 15) is 9.90 Å². The zero-order valence-corrected chi connectivity index (χ0v) is 11.0. The highest BCUT2D eigenvalue weighted by atomic mass is 16.3. The van der Waals surface area contributed by atoms with E-state index in [1.165, 1.54) is 0 Å². The number of ketones is 1. The van der Waals surface area contributed by atoms with E-state index >= 15 is 0 Å². The molecule has 0 bridgehead atoms. The molecule has 0 aliphatic heterocycles. The average molecular weight is 234 g/mol. The molecule has 1 N–H and O–H groups in total. The minimum absolute atomic E-state index is 0.0539. The molecule has 1 fully saturated rings. The lowest BCUT2D eigenvalue weighted by atomic mass is 9.64. The summed E-state index contributed by atoms with van der Waals surface area (Å²) in [5, 5.41) is 10.4. The summed E-state index contributed by atoms with van der Waals surface area (Å²) in [6.45, 7) is 10.2. The molecule has 0 aromatic heterocycles. The largest absolute Gasteiger partial charge is 0.392 e. The second kappa shape index (κ2) is 3.81. The zero-order valence-electron chi connectivity index (χ0n) is 11.0. The van der Waals surface area contributed by atoms with Gasteiger partial charge in [-0.3, -0.25) is 4.79 Å². The maximum atomic E-state index is 11.6. The van der Waals surface area contributed by atoms with E-state index in [4.69, 9.17) is 0 Å². The Morgan fingerprint density at radius 2 is 2.18 bits per heavy atom. The van der Waals surface area contributed by atoms with Crippen molar-refractivity contribution in [2.75, 3.05) is 0 Å². The monoisotopic (exact) mass is 234 g/mol. The highest BCUT2D eigenvalue weighted by molar-refractivity contribution is 5.95. The van der Waals surface area contributed by atoms with Crippen LogP contribution in [-0.2, 0) is 4.79 Å². The molecular formula is C15H22O2. The van der Waals surface area contributed by atoms with Gasteiger partial charge in [-0.2, -0.15) is 0 Å². The van der Waals surface area contributed by atoms with Crippen molar-refractivity contribution in [2.24, 2.45) is 16.7 Å². The molecule has 3 atom stereocenters. The van der Waals surface area contributed by atoms with Gasteiger partial charge in [0.1, 0.15) is 0 Å². The smallest absolute Gasteiger partial charge is 0.158 e. The third-order valence-electron chi connectivity index (χ3n) is 4.71. The van der Waals surface area contributed by atoms with Crippen LogP contribution < -0.4 is 0 Å². The van der Waals surface area contributed by atoms with Crippen molar-refractivity contribution in [3.8, 4) is 0 Å². The Kier molecular flexibility index (Phi) is 2.81. The molecule has 2 aliphatic carbocycles. The Balaban J connectivity index is 2.49. The molecule has 1 spiro atoms. The first-order chi connectivity index (χ1) is 7.83. The third kappa shape index (κ3) is 1.70. The van der Waals surface area contributed by atoms with Gasteiger partial charge in [0.2, 0.25) is 0 Å². The van der Waals surface area contributed by atoms with Crippen LogP contribution in [0.1, 0.15) is 40.0 Å². The van der Waals surface area contributed by atoms with Gasteiger partial charge in [-0.15, -0.1) is 6.58 Å². The maximum Gasteiger partial charge on any atom is 0.158 e. The molecule has 2 heteroatoms. The fourth-order valence-electron chi connectivity index (χ4n) is 3.88. The van der Waals surface area contributed by atoms with Crippen molar-refractivity contribution < 1.29 is 9.90 Å². The molecule has 0 unspecified atom stereocenters. The highest BCUT2D eigenvalue weighted by Crippen LogP contribution is 2.59. The molecular weight excluding hydrogens is 212 g/mol. The topological polar surface area (TPSA) is 37.3 Å². The number of rotatable bonds is 1. The van der Waals surface area contributed by atoms with E-state index in [1.54, 1.807) is 0 Å². The van der Waals surface area contributed by atoms with Crippen molar-refractivity contribution in [2.45, 2.75) is 46.1 Å². The van der Waals surface area contributed by atoms with Crippen LogP contribution in [0.3, 0.4) is 0 Å². The Bertz CT molecular complexity index is 392. The lowest BCUT2D eigenvalue weighted by Crippen LogP contribution is -2.38. The van der Waals surface area contributed by atoms with Crippen molar-refractivity contribution in [3.63, 3.8) is 0 Å². The van der Waals surface area contributed by atoms with E-state index < -0.39 is 0 Å². The highest BCUT2D eigenvalue weighted by Gasteiger charge is 2.56. The Hall–Kier alpha value is -0.890. The lowest BCUT2D eigenvalue weighted by Gasteiger charge is -2.40. The summed E-state index contributed by atoms with van der Waals surface area (Å²) < 4.78 is 0. The number of hydrogen-bond donors (Lipinski definition) is 1. The predicted octanol–water partition coefficient (Wildman–Crippen LogP) is 2.88. The van der Waals surface area contributed by atoms with E-state index in [0.717, 1.165) is 18.4 Å². The van der Waals surface area contributed by atoms with Gasteiger partial charge in [0.15, 0.2) is 5.78 Å². The molecule has 17 heavy (non-hydrogen) atoms. The second-order valence-corrected chi connectivity index (χ2v) is 6.28. The summed E-state index contributed by atoms with van der Waals surface area (Å²) in [7, 11) is 0. The standard InChI is InChI=1S/C15H22O2/c1-5-12-14(3,4)9-13(17)15(12)7-6-11(16)10(2)8-15/h5,8,12-13,17H,1,6-7,9H2,2-4H3/t12-,13+,15-/m0/s1. The minimum atomic E-state index is -0.358. The predicted molar refractivity (Wildman–Crippen MR) is 68.5 cm³/mol. The zero-order chi connectivity index (χ0) is 12.8. The van der Waals surface area contributed by atoms with Gasteiger partial charge in [0, 0.05) is 11.8 Å². The van der Waals surface area contributed by atoms with E-state index in [1.807, 2.05) is 19.1 Å². The third-order valence-corrected chi connectivity index (χ3v) is 4.71. The number of aliphatic hydroxyl groups is 1. The van der Waals surface area contributed by atoms with Crippen LogP contribution >= 0.6 is 0 Å². The first-order valence-electron chi connectivity index (χ1n) is 6.37. The molecule has 0 radical (unpaired) electrons. The van der Waals surface area contributed by atoms with Crippen LogP contribution in [-0.4, -0.2) is 17.0 Å². The summed E-state index contributed by atoms with van der Waals surface area (Å²) in [5.74, 6) is 0.461. The normalized spacial score (nSPS) is 40.5. The lowest BCUT2D eigenvalue weighted by molar-refractivity contribution is -0.117. The summed E-state index contributed by atoms with van der Waals surface area (Å²) in [6, 6.07) is 0. The van der Waals surface area contributed by atoms with Gasteiger partial charge < -0.3 is 5.11 Å². The van der Waals surface area contributed by atoms with Gasteiger partial charge in [0.25, 0.3) is 0 Å². The fourth-order valence-corrected chi connectivity index (χ4v) is 3.88. The van der Waals surface area contributed by atoms with Crippen molar-refractivity contribution in [3.05, 3.63) is 24.3 Å². The van der Waals surface area contributed by atoms with Crippen LogP contribution in [0, 0.1) is 16.7 Å². The summed E-state index contributed by atoms with van der Waals surface area (Å²) >= 11 is 0. The number of allylic oxidation sites excluding steroid dienone is 2. The van der Waals surface area contributed by atoms with Gasteiger partial charge in [-0.05, 0) is 36.7 Å². The van der Waals surface area contributed by atoms with Crippen LogP contribution in [0.4, 0.5) is 0 Å². The van der Waals surface area contributed by atoms with E-state index in [0.29, 0.717) is 6.42 Å². The van der Waals surface area contributed by atoms with E-state index in [-0.39, 0.29) is 28.6 Å². The summed E-state index contributed by atoms with van der Waals surface area (Å²) in [5.41, 5.74) is 0.599. The minimum Gasteiger partial charge on any atom is -0.392 e. The molecule has 2 rings (SSSR count). The molecule has 0 heterocycles. The molecule has 2 nitrogen and oxygen atoms in total. The van der Waals surface area contributed by atoms with Crippen molar-refractivity contribution >= 4 is 5.78 Å². The summed E-state index contributed by atoms with van der Waals surface area (Å²) in [4.78, 5) is 11.6. The second-order valence-electron chi connectivity index (χ2n) is 6.28. The van der Waals surface area contributed by atoms with Gasteiger partial charge in [-0.1, -0.05) is 26.0 Å². The molecule has 94 valence electrons. The quantitative estimate of drug-likeness (QED) is 0.708. The molecule has 0 aromatic rings. The number of carbonyl (C=O) groups is 1. The molecule has 0 aromatic carbocycles. The number of Topliss-reactive ketones (excluding diaryl/α,β-unsaturated/α-hetero) is 1. The molecule has 0 saturated heterocycles. The number of carbonyl (C=O) groups excluding carboxylic acids is 1. The molecule has 2 aliphatic rings. The van der Waals surface area contributed by atoms with Crippen LogP contribution in [0.5, 0.6) is 0 Å². The Morgan fingerprint density at radius 3 is 2.71 bits per heavy atom. The number of aliphatic hydroxyl groups excluding tert-OH is 1. The van der Waals surface area contributed by atoms with Crippen molar-refractivity contribution in [1.82, 2.24) is 0 Å². The molecule has 1 saturated carbocycles. The first-order valence-corrected chi connectivity index (χ1v) is 6.37. The Morgan fingerprint density at radius 1 is 1.53 bits per heavy atom. The first kappa shape index (κ1) is 12.6. The Labute approximate surface area is 103 Å². The maximum absolute atomic E-state index is 11.6. The van der Waals surface area contributed by atoms with Gasteiger partial charge >= 0.3 is 0 Å². The molecule has 0 amide bonds. The van der Waals surface area contributed by atoms with Crippen LogP contribution in [0.15, 0.2) is 24.3 Å². The van der Waals surface area contributed by atoms with Crippen LogP contribution in [0.2, 0.25) is 0 Å². The van der Waals surface area contributed by atoms with Gasteiger partial charge in [0.05, 0.1) is 6.10 Å². The van der Waals surface area contributed by atoms with Crippen molar-refractivity contribution in [1.29, 1.82) is 0 Å².